The highest BCUT2D eigenvalue weighted by Crippen LogP contribution is 2.61. The van der Waals surface area contributed by atoms with E-state index in [-0.39, 0.29) is 18.8 Å². The summed E-state index contributed by atoms with van der Waals surface area (Å²) >= 11 is 0. The van der Waals surface area contributed by atoms with E-state index in [0.717, 1.165) is 47.2 Å². The fourth-order valence-corrected chi connectivity index (χ4v) is 5.22. The number of nitrogens with one attached hydrogen (secondary N) is 2. The van der Waals surface area contributed by atoms with Gasteiger partial charge in [-0.3, -0.25) is 10.2 Å². The predicted octanol–water partition coefficient (Wildman–Crippen LogP) is 2.66. The second-order valence-electron chi connectivity index (χ2n) is 8.04. The van der Waals surface area contributed by atoms with E-state index in [4.69, 9.17) is 10.2 Å². The van der Waals surface area contributed by atoms with Gasteiger partial charge in [-0.05, 0) is 36.5 Å². The van der Waals surface area contributed by atoms with Gasteiger partial charge in [-0.2, -0.15) is 10.2 Å². The van der Waals surface area contributed by atoms with Gasteiger partial charge in [-0.25, -0.2) is 9.59 Å². The van der Waals surface area contributed by atoms with Crippen LogP contribution >= 0.6 is 0 Å². The Morgan fingerprint density at radius 1 is 0.852 bits per heavy atom. The van der Waals surface area contributed by atoms with E-state index >= 15 is 0 Å². The Labute approximate surface area is 156 Å². The lowest BCUT2D eigenvalue weighted by Crippen LogP contribution is -2.02. The summed E-state index contributed by atoms with van der Waals surface area (Å²) < 4.78 is 0. The number of fused-ring (bicyclic) bond motifs is 6. The fourth-order valence-electron chi connectivity index (χ4n) is 5.22. The second kappa shape index (κ2) is 5.68. The molecule has 0 saturated heterocycles. The van der Waals surface area contributed by atoms with Crippen molar-refractivity contribution in [3.05, 3.63) is 33.9 Å². The minimum absolute atomic E-state index is 0. The SMILES string of the molecule is C.C[C@@H]1[C@@H]2Cc3c(C(=O)O)n[nH]c3[C@H]12.C[C@H]1[C@@H]2Cc3c(C(=O)O)n[nH]c3[C@H]12. The highest BCUT2D eigenvalue weighted by molar-refractivity contribution is 5.88. The van der Waals surface area contributed by atoms with Gasteiger partial charge in [0.15, 0.2) is 11.4 Å². The quantitative estimate of drug-likeness (QED) is 0.641. The molecule has 4 aliphatic carbocycles. The molecule has 0 aliphatic heterocycles. The molecule has 0 unspecified atom stereocenters. The summed E-state index contributed by atoms with van der Waals surface area (Å²) in [6.07, 6.45) is 1.80. The van der Waals surface area contributed by atoms with Crippen LogP contribution in [0.2, 0.25) is 0 Å². The minimum Gasteiger partial charge on any atom is -0.476 e. The molecule has 0 amide bonds. The van der Waals surface area contributed by atoms with Crippen molar-refractivity contribution < 1.29 is 19.8 Å². The summed E-state index contributed by atoms with van der Waals surface area (Å²) in [4.78, 5) is 21.5. The molecule has 6 atom stereocenters. The van der Waals surface area contributed by atoms with Crippen LogP contribution in [0.5, 0.6) is 0 Å². The lowest BCUT2D eigenvalue weighted by atomic mass is 10.1. The minimum atomic E-state index is -0.911. The summed E-state index contributed by atoms with van der Waals surface area (Å²) in [6, 6.07) is 0. The molecule has 8 heteroatoms. The first-order chi connectivity index (χ1) is 12.4. The summed E-state index contributed by atoms with van der Waals surface area (Å²) in [5.74, 6) is 2.11. The molecular formula is C19H24N4O4. The molecular weight excluding hydrogens is 348 g/mol. The largest absolute Gasteiger partial charge is 0.476 e. The van der Waals surface area contributed by atoms with Crippen LogP contribution in [0.3, 0.4) is 0 Å². The predicted molar refractivity (Wildman–Crippen MR) is 96.0 cm³/mol. The van der Waals surface area contributed by atoms with Gasteiger partial charge in [0.2, 0.25) is 0 Å². The van der Waals surface area contributed by atoms with E-state index in [0.29, 0.717) is 23.7 Å². The fraction of sp³-hybridized carbons (Fsp3) is 0.579. The number of H-pyrrole nitrogens is 2. The van der Waals surface area contributed by atoms with Crippen molar-refractivity contribution >= 4 is 11.9 Å². The monoisotopic (exact) mass is 372 g/mol. The number of nitrogens with zero attached hydrogens (tertiary/aromatic N) is 2. The molecule has 6 rings (SSSR count). The zero-order valence-corrected chi connectivity index (χ0v) is 14.5. The molecule has 0 bridgehead atoms. The van der Waals surface area contributed by atoms with Crippen molar-refractivity contribution in [2.45, 2.75) is 46.0 Å². The Morgan fingerprint density at radius 3 is 1.56 bits per heavy atom. The van der Waals surface area contributed by atoms with Crippen molar-refractivity contribution in [2.24, 2.45) is 23.7 Å². The van der Waals surface area contributed by atoms with Crippen molar-refractivity contribution in [3.8, 4) is 0 Å². The number of aromatic carboxylic acids is 2. The Bertz CT molecular complexity index is 869. The molecule has 2 aromatic heterocycles. The zero-order chi connectivity index (χ0) is 18.3. The lowest BCUT2D eigenvalue weighted by Gasteiger charge is -1.96. The lowest BCUT2D eigenvalue weighted by molar-refractivity contribution is 0.0678. The van der Waals surface area contributed by atoms with E-state index in [2.05, 4.69) is 34.2 Å². The number of carbonyl (C=O) groups is 2. The number of carboxylic acids is 2. The van der Waals surface area contributed by atoms with Crippen LogP contribution in [0.25, 0.3) is 0 Å². The van der Waals surface area contributed by atoms with Crippen molar-refractivity contribution in [3.63, 3.8) is 0 Å². The third kappa shape index (κ3) is 2.35. The van der Waals surface area contributed by atoms with Gasteiger partial charge in [0, 0.05) is 34.4 Å². The van der Waals surface area contributed by atoms with Gasteiger partial charge in [0.1, 0.15) is 0 Å². The number of carboxylic acid groups (broad SMARTS) is 2. The average molecular weight is 372 g/mol. The van der Waals surface area contributed by atoms with E-state index < -0.39 is 11.9 Å². The molecule has 4 aliphatic rings. The van der Waals surface area contributed by atoms with Crippen molar-refractivity contribution in [2.75, 3.05) is 0 Å². The normalized spacial score (nSPS) is 32.8. The molecule has 0 aromatic carbocycles. The van der Waals surface area contributed by atoms with Crippen LogP contribution in [0.15, 0.2) is 0 Å². The first kappa shape index (κ1) is 17.8. The van der Waals surface area contributed by atoms with Crippen molar-refractivity contribution in [1.82, 2.24) is 20.4 Å². The second-order valence-corrected chi connectivity index (χ2v) is 8.04. The third-order valence-corrected chi connectivity index (χ3v) is 6.87. The highest BCUT2D eigenvalue weighted by Gasteiger charge is 2.56. The molecule has 0 radical (unpaired) electrons. The van der Waals surface area contributed by atoms with Crippen molar-refractivity contribution in [1.29, 1.82) is 0 Å². The maximum absolute atomic E-state index is 10.7. The highest BCUT2D eigenvalue weighted by atomic mass is 16.4. The maximum Gasteiger partial charge on any atom is 0.356 e. The van der Waals surface area contributed by atoms with Crippen LogP contribution in [0.4, 0.5) is 0 Å². The van der Waals surface area contributed by atoms with Crippen LogP contribution in [-0.4, -0.2) is 42.5 Å². The van der Waals surface area contributed by atoms with Crippen LogP contribution < -0.4 is 0 Å². The standard InChI is InChI=1S/2C9H10N2O2.CH4/c2*1-3-4-2-5-7(6(3)4)10-11-8(5)9(12)13;/h2*3-4,6H,2H2,1H3,(H,10,11)(H,12,13);1H4/t3-,4+,6-;3-,4-,6+;/m10./s1. The van der Waals surface area contributed by atoms with Crippen LogP contribution in [0, 0.1) is 23.7 Å². The first-order valence-electron chi connectivity index (χ1n) is 9.01. The van der Waals surface area contributed by atoms with Gasteiger partial charge in [-0.15, -0.1) is 0 Å². The maximum atomic E-state index is 10.7. The van der Waals surface area contributed by atoms with Crippen LogP contribution in [0.1, 0.15) is 76.6 Å². The number of hydrogen-bond donors (Lipinski definition) is 4. The van der Waals surface area contributed by atoms with Crippen LogP contribution in [-0.2, 0) is 12.8 Å². The van der Waals surface area contributed by atoms with Gasteiger partial charge in [0.05, 0.1) is 0 Å². The van der Waals surface area contributed by atoms with Gasteiger partial charge in [0.25, 0.3) is 0 Å². The molecule has 0 spiro atoms. The van der Waals surface area contributed by atoms with E-state index in [1.54, 1.807) is 0 Å². The smallest absolute Gasteiger partial charge is 0.356 e. The van der Waals surface area contributed by atoms with E-state index in [1.807, 2.05) is 0 Å². The summed E-state index contributed by atoms with van der Waals surface area (Å²) in [6.45, 7) is 4.42. The Balaban J connectivity index is 0.000000129. The molecule has 2 saturated carbocycles. The molecule has 2 aromatic rings. The van der Waals surface area contributed by atoms with Gasteiger partial charge >= 0.3 is 11.9 Å². The van der Waals surface area contributed by atoms with Gasteiger partial charge in [-0.1, -0.05) is 21.3 Å². The third-order valence-electron chi connectivity index (χ3n) is 6.87. The topological polar surface area (TPSA) is 132 Å². The zero-order valence-electron chi connectivity index (χ0n) is 14.5. The Kier molecular flexibility index (Phi) is 3.73. The van der Waals surface area contributed by atoms with E-state index in [1.165, 1.54) is 0 Å². The molecule has 144 valence electrons. The summed E-state index contributed by atoms with van der Waals surface area (Å²) in [7, 11) is 0. The Hall–Kier alpha value is -2.64. The number of aromatic amines is 2. The molecule has 27 heavy (non-hydrogen) atoms. The molecule has 2 fully saturated rings. The summed E-state index contributed by atoms with van der Waals surface area (Å²) in [5, 5.41) is 31.0. The number of hydrogen-bond acceptors (Lipinski definition) is 4. The molecule has 8 nitrogen and oxygen atoms in total. The average Bonchev–Trinajstić information content (AvgIpc) is 3.14. The molecule has 2 heterocycles. The van der Waals surface area contributed by atoms with E-state index in [9.17, 15) is 9.59 Å². The number of aromatic nitrogens is 4. The summed E-state index contributed by atoms with van der Waals surface area (Å²) in [5.41, 5.74) is 4.51. The first-order valence-corrected chi connectivity index (χ1v) is 9.01. The Morgan fingerprint density at radius 2 is 1.22 bits per heavy atom. The van der Waals surface area contributed by atoms with Gasteiger partial charge < -0.3 is 10.2 Å². The molecule has 4 N–H and O–H groups in total. The number of rotatable bonds is 2.